The number of methoxy groups -OCH3 is 1. The molecule has 1 aromatic heterocycles. The quantitative estimate of drug-likeness (QED) is 0.516. The summed E-state index contributed by atoms with van der Waals surface area (Å²) < 4.78 is 6.67. The molecule has 0 unspecified atom stereocenters. The number of aromatic nitrogens is 3. The van der Waals surface area contributed by atoms with Crippen LogP contribution in [0.4, 0.5) is 11.4 Å². The molecule has 0 aliphatic carbocycles. The number of nitro groups is 1. The van der Waals surface area contributed by atoms with Gasteiger partial charge in [-0.1, -0.05) is 25.1 Å². The average Bonchev–Trinajstić information content (AvgIpc) is 3.18. The third-order valence-electron chi connectivity index (χ3n) is 4.15. The molecule has 3 aromatic rings. The van der Waals surface area contributed by atoms with Crippen LogP contribution in [0.1, 0.15) is 35.8 Å². The van der Waals surface area contributed by atoms with E-state index in [1.807, 2.05) is 19.9 Å². The summed E-state index contributed by atoms with van der Waals surface area (Å²) in [6.07, 6.45) is 1.70. The predicted octanol–water partition coefficient (Wildman–Crippen LogP) is 3.56. The van der Waals surface area contributed by atoms with Gasteiger partial charge in [-0.2, -0.15) is 0 Å². The Labute approximate surface area is 161 Å². The normalized spacial score (nSPS) is 10.7. The van der Waals surface area contributed by atoms with Crippen molar-refractivity contribution in [2.75, 3.05) is 12.4 Å². The van der Waals surface area contributed by atoms with E-state index in [4.69, 9.17) is 4.74 Å². The molecule has 0 bridgehead atoms. The summed E-state index contributed by atoms with van der Waals surface area (Å²) in [6.45, 7) is 4.08. The summed E-state index contributed by atoms with van der Waals surface area (Å²) in [5, 5.41) is 22.0. The van der Waals surface area contributed by atoms with Crippen LogP contribution in [0.2, 0.25) is 0 Å². The number of nitrogens with zero attached hydrogens (tertiary/aromatic N) is 4. The van der Waals surface area contributed by atoms with Gasteiger partial charge in [0.25, 0.3) is 5.91 Å². The van der Waals surface area contributed by atoms with E-state index in [9.17, 15) is 14.9 Å². The fourth-order valence-electron chi connectivity index (χ4n) is 2.73. The van der Waals surface area contributed by atoms with Gasteiger partial charge in [-0.3, -0.25) is 14.9 Å². The number of anilines is 1. The molecule has 1 heterocycles. The molecular formula is C19H19N5O4. The van der Waals surface area contributed by atoms with Crippen molar-refractivity contribution in [3.05, 3.63) is 70.0 Å². The largest absolute Gasteiger partial charge is 0.490 e. The van der Waals surface area contributed by atoms with E-state index in [-0.39, 0.29) is 22.9 Å². The highest BCUT2D eigenvalue weighted by atomic mass is 16.6. The highest BCUT2D eigenvalue weighted by molar-refractivity contribution is 6.05. The Morgan fingerprint density at radius 1 is 1.25 bits per heavy atom. The molecule has 2 aromatic carbocycles. The van der Waals surface area contributed by atoms with Crippen molar-refractivity contribution in [1.29, 1.82) is 0 Å². The first kappa shape index (κ1) is 19.0. The van der Waals surface area contributed by atoms with Crippen LogP contribution in [0.3, 0.4) is 0 Å². The molecule has 9 nitrogen and oxygen atoms in total. The van der Waals surface area contributed by atoms with Crippen LogP contribution in [-0.4, -0.2) is 32.9 Å². The molecule has 0 spiro atoms. The van der Waals surface area contributed by atoms with Crippen molar-refractivity contribution < 1.29 is 14.5 Å². The minimum atomic E-state index is -0.589. The predicted molar refractivity (Wildman–Crippen MR) is 103 cm³/mol. The van der Waals surface area contributed by atoms with Crippen LogP contribution < -0.4 is 10.1 Å². The number of hydrogen-bond donors (Lipinski definition) is 1. The van der Waals surface area contributed by atoms with Crippen LogP contribution >= 0.6 is 0 Å². The van der Waals surface area contributed by atoms with E-state index in [1.165, 1.54) is 25.3 Å². The average molecular weight is 381 g/mol. The lowest BCUT2D eigenvalue weighted by Gasteiger charge is -2.11. The third kappa shape index (κ3) is 3.83. The number of rotatable bonds is 6. The third-order valence-corrected chi connectivity index (χ3v) is 4.15. The Morgan fingerprint density at radius 2 is 2.04 bits per heavy atom. The maximum Gasteiger partial charge on any atom is 0.311 e. The highest BCUT2D eigenvalue weighted by Crippen LogP contribution is 2.28. The first-order valence-electron chi connectivity index (χ1n) is 8.55. The molecule has 0 fully saturated rings. The fraction of sp³-hybridized carbons (Fsp3) is 0.211. The lowest BCUT2D eigenvalue weighted by atomic mass is 10.1. The molecule has 144 valence electrons. The summed E-state index contributed by atoms with van der Waals surface area (Å²) in [6, 6.07) is 11.2. The zero-order chi connectivity index (χ0) is 20.3. The van der Waals surface area contributed by atoms with E-state index >= 15 is 0 Å². The van der Waals surface area contributed by atoms with Crippen molar-refractivity contribution in [3.8, 4) is 11.4 Å². The summed E-state index contributed by atoms with van der Waals surface area (Å²) in [5.41, 5.74) is 2.11. The Bertz CT molecular complexity index is 1030. The van der Waals surface area contributed by atoms with Gasteiger partial charge in [-0.15, -0.1) is 5.10 Å². The molecule has 9 heteroatoms. The molecule has 28 heavy (non-hydrogen) atoms. The van der Waals surface area contributed by atoms with Gasteiger partial charge in [0.15, 0.2) is 5.75 Å². The zero-order valence-electron chi connectivity index (χ0n) is 15.6. The fourth-order valence-corrected chi connectivity index (χ4v) is 2.73. The summed E-state index contributed by atoms with van der Waals surface area (Å²) in [7, 11) is 1.34. The van der Waals surface area contributed by atoms with Crippen LogP contribution in [0.15, 0.2) is 48.7 Å². The molecule has 3 rings (SSSR count). The summed E-state index contributed by atoms with van der Waals surface area (Å²) in [5.74, 6) is -0.144. The lowest BCUT2D eigenvalue weighted by molar-refractivity contribution is -0.385. The smallest absolute Gasteiger partial charge is 0.311 e. The van der Waals surface area contributed by atoms with Gasteiger partial charge >= 0.3 is 5.69 Å². The van der Waals surface area contributed by atoms with Crippen molar-refractivity contribution >= 4 is 17.3 Å². The van der Waals surface area contributed by atoms with E-state index in [0.717, 1.165) is 11.4 Å². The molecule has 0 radical (unpaired) electrons. The molecule has 0 atom stereocenters. The molecule has 0 saturated carbocycles. The van der Waals surface area contributed by atoms with Gasteiger partial charge in [-0.25, -0.2) is 4.68 Å². The standard InChI is InChI=1S/C19H19N5O4/c1-12(2)17-11-20-22-23(17)15-6-4-5-14(10-15)21-19(25)13-7-8-18(28-3)16(9-13)24(26)27/h4-12H,1-3H3,(H,21,25). The monoisotopic (exact) mass is 381 g/mol. The van der Waals surface area contributed by atoms with E-state index < -0.39 is 10.8 Å². The lowest BCUT2D eigenvalue weighted by Crippen LogP contribution is -2.13. The summed E-state index contributed by atoms with van der Waals surface area (Å²) >= 11 is 0. The Balaban J connectivity index is 1.86. The van der Waals surface area contributed by atoms with Crippen molar-refractivity contribution in [2.24, 2.45) is 0 Å². The number of carbonyl (C=O) groups excluding carboxylic acids is 1. The van der Waals surface area contributed by atoms with Crippen molar-refractivity contribution in [1.82, 2.24) is 15.0 Å². The number of nitro benzene ring substituents is 1. The van der Waals surface area contributed by atoms with E-state index in [1.54, 1.807) is 29.1 Å². The van der Waals surface area contributed by atoms with E-state index in [2.05, 4.69) is 15.6 Å². The molecule has 0 aliphatic rings. The van der Waals surface area contributed by atoms with Gasteiger partial charge in [0.05, 0.1) is 29.6 Å². The number of ether oxygens (including phenoxy) is 1. The second-order valence-electron chi connectivity index (χ2n) is 6.37. The van der Waals surface area contributed by atoms with Crippen LogP contribution in [-0.2, 0) is 0 Å². The molecular weight excluding hydrogens is 362 g/mol. The number of amides is 1. The zero-order valence-corrected chi connectivity index (χ0v) is 15.6. The number of hydrogen-bond acceptors (Lipinski definition) is 6. The second kappa shape index (κ2) is 7.87. The Morgan fingerprint density at radius 3 is 2.71 bits per heavy atom. The highest BCUT2D eigenvalue weighted by Gasteiger charge is 2.18. The van der Waals surface area contributed by atoms with Crippen molar-refractivity contribution in [3.63, 3.8) is 0 Å². The number of benzene rings is 2. The van der Waals surface area contributed by atoms with Crippen molar-refractivity contribution in [2.45, 2.75) is 19.8 Å². The SMILES string of the molecule is COc1ccc(C(=O)Nc2cccc(-n3nncc3C(C)C)c2)cc1[N+](=O)[O-]. The van der Waals surface area contributed by atoms with Crippen LogP contribution in [0.5, 0.6) is 5.75 Å². The van der Waals surface area contributed by atoms with Gasteiger partial charge in [0.2, 0.25) is 0 Å². The molecule has 0 saturated heterocycles. The first-order valence-corrected chi connectivity index (χ1v) is 8.55. The van der Waals surface area contributed by atoms with Crippen LogP contribution in [0.25, 0.3) is 5.69 Å². The van der Waals surface area contributed by atoms with Gasteiger partial charge < -0.3 is 10.1 Å². The van der Waals surface area contributed by atoms with Gasteiger partial charge in [0.1, 0.15) is 0 Å². The minimum Gasteiger partial charge on any atom is -0.490 e. The molecule has 1 N–H and O–H groups in total. The molecule has 0 aliphatic heterocycles. The topological polar surface area (TPSA) is 112 Å². The van der Waals surface area contributed by atoms with Crippen LogP contribution in [0, 0.1) is 10.1 Å². The number of carbonyl (C=O) groups is 1. The Hall–Kier alpha value is -3.75. The second-order valence-corrected chi connectivity index (χ2v) is 6.37. The van der Waals surface area contributed by atoms with Gasteiger partial charge in [-0.05, 0) is 36.2 Å². The van der Waals surface area contributed by atoms with Gasteiger partial charge in [0, 0.05) is 17.3 Å². The number of nitrogens with one attached hydrogen (secondary N) is 1. The maximum absolute atomic E-state index is 12.6. The summed E-state index contributed by atoms with van der Waals surface area (Å²) in [4.78, 5) is 23.1. The first-order chi connectivity index (χ1) is 13.4. The van der Waals surface area contributed by atoms with E-state index in [0.29, 0.717) is 5.69 Å². The Kier molecular flexibility index (Phi) is 5.35. The minimum absolute atomic E-state index is 0.0935. The maximum atomic E-state index is 12.6. The molecule has 1 amide bonds.